The molecule has 0 radical (unpaired) electrons. The third kappa shape index (κ3) is 5.38. The average molecular weight is 745 g/mol. The summed E-state index contributed by atoms with van der Waals surface area (Å²) in [5, 5.41) is 2.58. The van der Waals surface area contributed by atoms with Crippen LogP contribution in [0.15, 0.2) is 200 Å². The zero-order chi connectivity index (χ0) is 37.9. The van der Waals surface area contributed by atoms with Crippen LogP contribution in [0.2, 0.25) is 0 Å². The Balaban J connectivity index is 1.08. The zero-order valence-corrected chi connectivity index (χ0v) is 32.2. The Hall–Kier alpha value is -6.94. The highest BCUT2D eigenvalue weighted by Crippen LogP contribution is 2.55. The fraction of sp³-hybridized carbons (Fsp3) is 0.0370. The Labute approximate surface area is 336 Å². The van der Waals surface area contributed by atoms with Gasteiger partial charge in [-0.15, -0.1) is 11.3 Å². The summed E-state index contributed by atoms with van der Waals surface area (Å²) in [5.74, 6) is 0.705. The molecule has 0 spiro atoms. The van der Waals surface area contributed by atoms with Gasteiger partial charge in [0.25, 0.3) is 0 Å². The lowest BCUT2D eigenvalue weighted by atomic mass is 9.74. The minimum Gasteiger partial charge on any atom is -0.228 e. The molecule has 2 heterocycles. The van der Waals surface area contributed by atoms with Crippen LogP contribution >= 0.6 is 11.3 Å². The third-order valence-corrected chi connectivity index (χ3v) is 13.0. The highest BCUT2D eigenvalue weighted by molar-refractivity contribution is 7.26. The summed E-state index contributed by atoms with van der Waals surface area (Å²) < 4.78 is 2.59. The van der Waals surface area contributed by atoms with Crippen molar-refractivity contribution in [2.24, 2.45) is 0 Å². The number of aromatic nitrogens is 2. The van der Waals surface area contributed by atoms with E-state index in [1.54, 1.807) is 0 Å². The van der Waals surface area contributed by atoms with Gasteiger partial charge < -0.3 is 0 Å². The first-order valence-corrected chi connectivity index (χ1v) is 20.3. The van der Waals surface area contributed by atoms with E-state index in [2.05, 4.69) is 201 Å². The lowest BCUT2D eigenvalue weighted by Gasteiger charge is -2.28. The zero-order valence-electron chi connectivity index (χ0n) is 31.4. The number of thiophene rings is 1. The highest BCUT2D eigenvalue weighted by Gasteiger charge is 2.41. The van der Waals surface area contributed by atoms with Crippen molar-refractivity contribution in [2.45, 2.75) is 12.3 Å². The Kier molecular flexibility index (Phi) is 7.84. The fourth-order valence-electron chi connectivity index (χ4n) is 9.06. The number of nitrogens with zero attached hydrogens (tertiary/aromatic N) is 2. The van der Waals surface area contributed by atoms with Crippen LogP contribution in [-0.4, -0.2) is 9.97 Å². The molecular weight excluding hydrogens is 709 g/mol. The fourth-order valence-corrected chi connectivity index (χ4v) is 10.3. The molecule has 1 aliphatic rings. The molecule has 0 saturated carbocycles. The normalized spacial score (nSPS) is 14.5. The van der Waals surface area contributed by atoms with Gasteiger partial charge in [0.2, 0.25) is 0 Å². The molecule has 0 saturated heterocycles. The van der Waals surface area contributed by atoms with E-state index in [9.17, 15) is 0 Å². The summed E-state index contributed by atoms with van der Waals surface area (Å²) in [5.41, 5.74) is 16.0. The van der Waals surface area contributed by atoms with E-state index in [-0.39, 0.29) is 5.41 Å². The van der Waals surface area contributed by atoms with Gasteiger partial charge in [0.05, 0.1) is 11.4 Å². The van der Waals surface area contributed by atoms with Crippen LogP contribution in [0.4, 0.5) is 0 Å². The standard InChI is InChI=1S/C54H36N2S/c1-54(38-21-6-3-7-22-38)46-30-12-10-26-45(46)51-39(27-16-31-47(51)54)36-19-14-20-37(33-36)48-34-49(56-53(55-48)35-17-4-2-5-18-35)41-24-9-8-23-40(41)43-28-15-29-44-42-25-11-13-32-50(42)57-52(43)44/h2-34H,1H3. The summed E-state index contributed by atoms with van der Waals surface area (Å²) in [6, 6.07) is 72.1. The maximum Gasteiger partial charge on any atom is 0.160 e. The first-order valence-electron chi connectivity index (χ1n) is 19.5. The minimum absolute atomic E-state index is 0.263. The average Bonchev–Trinajstić information content (AvgIpc) is 3.80. The van der Waals surface area contributed by atoms with Crippen LogP contribution in [-0.2, 0) is 5.41 Å². The van der Waals surface area contributed by atoms with Crippen molar-refractivity contribution < 1.29 is 0 Å². The van der Waals surface area contributed by atoms with Crippen molar-refractivity contribution in [2.75, 3.05) is 0 Å². The van der Waals surface area contributed by atoms with E-state index in [0.717, 1.165) is 39.2 Å². The predicted octanol–water partition coefficient (Wildman–Crippen LogP) is 14.5. The monoisotopic (exact) mass is 744 g/mol. The van der Waals surface area contributed by atoms with Gasteiger partial charge in [-0.1, -0.05) is 182 Å². The largest absolute Gasteiger partial charge is 0.228 e. The van der Waals surface area contributed by atoms with Crippen LogP contribution in [0.25, 0.3) is 87.5 Å². The molecule has 2 aromatic heterocycles. The van der Waals surface area contributed by atoms with E-state index in [1.807, 2.05) is 17.4 Å². The van der Waals surface area contributed by atoms with Gasteiger partial charge in [0, 0.05) is 47.8 Å². The van der Waals surface area contributed by atoms with Crippen LogP contribution in [0.5, 0.6) is 0 Å². The van der Waals surface area contributed by atoms with Crippen molar-refractivity contribution in [3.63, 3.8) is 0 Å². The molecule has 0 aliphatic heterocycles. The molecule has 1 unspecified atom stereocenters. The van der Waals surface area contributed by atoms with Crippen molar-refractivity contribution in [1.82, 2.24) is 9.97 Å². The van der Waals surface area contributed by atoms with Crippen LogP contribution in [0.1, 0.15) is 23.6 Å². The Morgan fingerprint density at radius 2 is 0.982 bits per heavy atom. The Morgan fingerprint density at radius 1 is 0.404 bits per heavy atom. The van der Waals surface area contributed by atoms with E-state index >= 15 is 0 Å². The molecule has 0 N–H and O–H groups in total. The van der Waals surface area contributed by atoms with Crippen LogP contribution < -0.4 is 0 Å². The molecule has 0 amide bonds. The highest BCUT2D eigenvalue weighted by atomic mass is 32.1. The molecule has 268 valence electrons. The first-order chi connectivity index (χ1) is 28.1. The maximum absolute atomic E-state index is 5.30. The molecular formula is C54H36N2S. The molecule has 1 atom stereocenters. The van der Waals surface area contributed by atoms with Gasteiger partial charge in [-0.25, -0.2) is 9.97 Å². The lowest BCUT2D eigenvalue weighted by Crippen LogP contribution is -2.22. The third-order valence-electron chi connectivity index (χ3n) is 11.8. The molecule has 3 heteroatoms. The minimum atomic E-state index is -0.263. The van der Waals surface area contributed by atoms with Gasteiger partial charge in [0.1, 0.15) is 0 Å². The van der Waals surface area contributed by atoms with Crippen molar-refractivity contribution in [1.29, 1.82) is 0 Å². The lowest BCUT2D eigenvalue weighted by molar-refractivity contribution is 0.714. The Morgan fingerprint density at radius 3 is 1.84 bits per heavy atom. The second-order valence-corrected chi connectivity index (χ2v) is 16.1. The first kappa shape index (κ1) is 33.4. The molecule has 0 bridgehead atoms. The van der Waals surface area contributed by atoms with Crippen molar-refractivity contribution in [3.8, 4) is 67.3 Å². The maximum atomic E-state index is 5.30. The summed E-state index contributed by atoms with van der Waals surface area (Å²) in [6.45, 7) is 2.37. The molecule has 0 fully saturated rings. The van der Waals surface area contributed by atoms with Gasteiger partial charge in [-0.2, -0.15) is 0 Å². The van der Waals surface area contributed by atoms with Gasteiger partial charge in [0.15, 0.2) is 5.82 Å². The van der Waals surface area contributed by atoms with Crippen molar-refractivity contribution >= 4 is 31.5 Å². The van der Waals surface area contributed by atoms with Crippen molar-refractivity contribution in [3.05, 3.63) is 217 Å². The number of fused-ring (bicyclic) bond motifs is 6. The van der Waals surface area contributed by atoms with Gasteiger partial charge >= 0.3 is 0 Å². The predicted molar refractivity (Wildman–Crippen MR) is 240 cm³/mol. The molecule has 8 aromatic carbocycles. The molecule has 2 nitrogen and oxygen atoms in total. The SMILES string of the molecule is CC1(c2ccccc2)c2ccccc2-c2c(-c3cccc(-c4cc(-c5ccccc5-c5cccc6c5sc5ccccc56)nc(-c5ccccc5)n4)c3)cccc21. The quantitative estimate of drug-likeness (QED) is 0.169. The molecule has 10 aromatic rings. The topological polar surface area (TPSA) is 25.8 Å². The second kappa shape index (κ2) is 13.4. The summed E-state index contributed by atoms with van der Waals surface area (Å²) in [4.78, 5) is 10.6. The summed E-state index contributed by atoms with van der Waals surface area (Å²) >= 11 is 1.86. The Bertz CT molecular complexity index is 3140. The number of rotatable bonds is 6. The second-order valence-electron chi connectivity index (χ2n) is 15.0. The van der Waals surface area contributed by atoms with E-state index < -0.39 is 0 Å². The summed E-state index contributed by atoms with van der Waals surface area (Å²) in [6.07, 6.45) is 0. The van der Waals surface area contributed by atoms with Crippen LogP contribution in [0.3, 0.4) is 0 Å². The smallest absolute Gasteiger partial charge is 0.160 e. The van der Waals surface area contributed by atoms with Crippen LogP contribution in [0, 0.1) is 0 Å². The van der Waals surface area contributed by atoms with Gasteiger partial charge in [-0.3, -0.25) is 0 Å². The number of hydrogen-bond donors (Lipinski definition) is 0. The van der Waals surface area contributed by atoms with E-state index in [0.29, 0.717) is 5.82 Å². The van der Waals surface area contributed by atoms with Gasteiger partial charge in [-0.05, 0) is 69.6 Å². The number of hydrogen-bond acceptors (Lipinski definition) is 3. The molecule has 11 rings (SSSR count). The summed E-state index contributed by atoms with van der Waals surface area (Å²) in [7, 11) is 0. The van der Waals surface area contributed by atoms with E-state index in [1.165, 1.54) is 59.1 Å². The number of benzene rings is 8. The molecule has 57 heavy (non-hydrogen) atoms. The molecule has 1 aliphatic carbocycles. The van der Waals surface area contributed by atoms with E-state index in [4.69, 9.17) is 9.97 Å².